The van der Waals surface area contributed by atoms with E-state index in [1.54, 1.807) is 45.8 Å². The highest BCUT2D eigenvalue weighted by Crippen LogP contribution is 2.20. The molecule has 9 nitrogen and oxygen atoms in total. The number of aliphatic hydroxyl groups is 1. The Labute approximate surface area is 227 Å². The zero-order valence-corrected chi connectivity index (χ0v) is 24.6. The molecule has 0 aromatic rings. The molecule has 0 bridgehead atoms. The summed E-state index contributed by atoms with van der Waals surface area (Å²) >= 11 is 0. The largest absolute Gasteiger partial charge is 0.503 e. The highest BCUT2D eigenvalue weighted by Gasteiger charge is 2.31. The Hall–Kier alpha value is -3.17. The Bertz CT molecular complexity index is 919. The van der Waals surface area contributed by atoms with Gasteiger partial charge < -0.3 is 25.0 Å². The molecule has 1 atom stereocenters. The molecule has 0 aliphatic heterocycles. The van der Waals surface area contributed by atoms with Crippen molar-refractivity contribution in [1.82, 2.24) is 15.1 Å². The number of hydrogen-bond acceptors (Lipinski definition) is 6. The van der Waals surface area contributed by atoms with E-state index in [4.69, 9.17) is 4.74 Å². The summed E-state index contributed by atoms with van der Waals surface area (Å²) in [5, 5.41) is 12.9. The Balaban J connectivity index is 0.00000667. The first kappa shape index (κ1) is 34.8. The molecule has 0 saturated carbocycles. The lowest BCUT2D eigenvalue weighted by Crippen LogP contribution is -2.50. The number of nitrogens with zero attached hydrogens (tertiary/aromatic N) is 3. The number of aliphatic imine (C=N–C) groups is 1. The lowest BCUT2D eigenvalue weighted by atomic mass is 10.0. The van der Waals surface area contributed by atoms with Crippen molar-refractivity contribution < 1.29 is 28.6 Å². The number of likely N-dealkylation sites (N-methyl/N-ethyl adjacent to an activating group) is 2. The van der Waals surface area contributed by atoms with E-state index in [1.807, 2.05) is 27.7 Å². The third-order valence-electron chi connectivity index (χ3n) is 5.42. The maximum Gasteiger partial charge on any atom is 0.410 e. The van der Waals surface area contributed by atoms with Crippen LogP contribution in [0.4, 0.5) is 9.18 Å². The van der Waals surface area contributed by atoms with Gasteiger partial charge in [-0.15, -0.1) is 0 Å². The average Bonchev–Trinajstić information content (AvgIpc) is 2.87. The fourth-order valence-corrected chi connectivity index (χ4v) is 3.57. The van der Waals surface area contributed by atoms with Gasteiger partial charge in [0.05, 0.1) is 6.04 Å². The van der Waals surface area contributed by atoms with E-state index in [0.29, 0.717) is 31.6 Å². The van der Waals surface area contributed by atoms with Crippen LogP contribution in [0.3, 0.4) is 0 Å². The minimum atomic E-state index is -0.825. The van der Waals surface area contributed by atoms with Gasteiger partial charge in [-0.1, -0.05) is 45.8 Å². The van der Waals surface area contributed by atoms with E-state index >= 15 is 0 Å². The predicted molar refractivity (Wildman–Crippen MR) is 150 cm³/mol. The molecule has 0 saturated heterocycles. The molecule has 0 heterocycles. The van der Waals surface area contributed by atoms with E-state index in [0.717, 1.165) is 12.0 Å². The Kier molecular flexibility index (Phi) is 15.9. The smallest absolute Gasteiger partial charge is 0.410 e. The normalized spacial score (nSPS) is 15.1. The molecule has 216 valence electrons. The first-order valence-corrected chi connectivity index (χ1v) is 13.3. The van der Waals surface area contributed by atoms with Crippen molar-refractivity contribution in [2.24, 2.45) is 4.99 Å². The molecule has 1 unspecified atom stereocenters. The van der Waals surface area contributed by atoms with Gasteiger partial charge in [0.25, 0.3) is 5.91 Å². The molecule has 0 aromatic heterocycles. The van der Waals surface area contributed by atoms with E-state index < -0.39 is 35.1 Å². The summed E-state index contributed by atoms with van der Waals surface area (Å²) in [6.07, 6.45) is 5.20. The number of carbonyl (C=O) groups is 3. The summed E-state index contributed by atoms with van der Waals surface area (Å²) < 4.78 is 18.8. The van der Waals surface area contributed by atoms with Gasteiger partial charge in [-0.3, -0.25) is 9.59 Å². The van der Waals surface area contributed by atoms with Gasteiger partial charge in [-0.05, 0) is 46.1 Å². The van der Waals surface area contributed by atoms with Gasteiger partial charge in [0.2, 0.25) is 0 Å². The monoisotopic (exact) mass is 538 g/mol. The molecule has 1 rings (SSSR count). The van der Waals surface area contributed by atoms with Crippen molar-refractivity contribution in [3.8, 4) is 0 Å². The zero-order valence-electron chi connectivity index (χ0n) is 24.6. The number of rotatable bonds is 11. The molecule has 1 aliphatic rings. The molecule has 2 amide bonds. The summed E-state index contributed by atoms with van der Waals surface area (Å²) in [6.45, 7) is 13.9. The number of amidine groups is 1. The van der Waals surface area contributed by atoms with Crippen LogP contribution in [0.15, 0.2) is 40.0 Å². The highest BCUT2D eigenvalue weighted by molar-refractivity contribution is 6.02. The topological polar surface area (TPSA) is 112 Å². The van der Waals surface area contributed by atoms with Crippen LogP contribution in [-0.2, 0) is 14.3 Å². The average molecular weight is 539 g/mol. The maximum absolute atomic E-state index is 13.3. The molecule has 2 N–H and O–H groups in total. The Morgan fingerprint density at radius 2 is 1.82 bits per heavy atom. The van der Waals surface area contributed by atoms with Crippen LogP contribution in [0.2, 0.25) is 0 Å². The van der Waals surface area contributed by atoms with Crippen molar-refractivity contribution in [2.45, 2.75) is 92.2 Å². The third kappa shape index (κ3) is 11.9. The van der Waals surface area contributed by atoms with E-state index in [-0.39, 0.29) is 25.1 Å². The number of aldehydes is 1. The summed E-state index contributed by atoms with van der Waals surface area (Å²) in [5.41, 5.74) is -0.364. The lowest BCUT2D eigenvalue weighted by Gasteiger charge is -2.35. The standard InChI is InChI=1S/C26H41FN4O5.C2H6/c1-8-10-20(31(7)25(35)36-26(3,4)5)23(30(6)15-9-2)29-22(21(33)17-32)24(34)28-16-18-11-13-19(27)14-12-18;1-2/h11,13,17,20,33H,8-10,12,14-16H2,1-7H3,(H,28,34);1-2H3/b22-21+,29-23?;. The fraction of sp³-hybridized carbons (Fsp3) is 0.643. The van der Waals surface area contributed by atoms with Crippen molar-refractivity contribution in [1.29, 1.82) is 0 Å². The van der Waals surface area contributed by atoms with Gasteiger partial charge in [0.15, 0.2) is 17.7 Å². The molecule has 38 heavy (non-hydrogen) atoms. The third-order valence-corrected chi connectivity index (χ3v) is 5.42. The van der Waals surface area contributed by atoms with Crippen LogP contribution in [0.25, 0.3) is 0 Å². The summed E-state index contributed by atoms with van der Waals surface area (Å²) in [7, 11) is 3.37. The summed E-state index contributed by atoms with van der Waals surface area (Å²) in [5.74, 6) is -1.47. The van der Waals surface area contributed by atoms with Crippen LogP contribution in [0.5, 0.6) is 0 Å². The summed E-state index contributed by atoms with van der Waals surface area (Å²) in [4.78, 5) is 45.0. The number of ether oxygens (including phenoxy) is 1. The Morgan fingerprint density at radius 3 is 2.29 bits per heavy atom. The second-order valence-corrected chi connectivity index (χ2v) is 9.76. The van der Waals surface area contributed by atoms with Crippen LogP contribution in [-0.4, -0.2) is 77.9 Å². The first-order chi connectivity index (χ1) is 17.8. The minimum absolute atomic E-state index is 0.115. The summed E-state index contributed by atoms with van der Waals surface area (Å²) in [6, 6.07) is -0.585. The van der Waals surface area contributed by atoms with Crippen molar-refractivity contribution >= 4 is 24.1 Å². The van der Waals surface area contributed by atoms with Gasteiger partial charge >= 0.3 is 6.09 Å². The van der Waals surface area contributed by atoms with Crippen molar-refractivity contribution in [2.75, 3.05) is 27.2 Å². The molecule has 10 heteroatoms. The molecule has 0 spiro atoms. The van der Waals surface area contributed by atoms with E-state index in [2.05, 4.69) is 10.3 Å². The number of allylic oxidation sites excluding steroid dienone is 4. The maximum atomic E-state index is 13.3. The zero-order chi connectivity index (χ0) is 29.5. The van der Waals surface area contributed by atoms with Crippen molar-refractivity contribution in [3.63, 3.8) is 0 Å². The quantitative estimate of drug-likeness (QED) is 0.119. The first-order valence-electron chi connectivity index (χ1n) is 13.3. The molecular formula is C28H47FN4O5. The molecule has 1 aliphatic carbocycles. The van der Waals surface area contributed by atoms with Gasteiger partial charge in [-0.25, -0.2) is 14.2 Å². The van der Waals surface area contributed by atoms with Crippen LogP contribution >= 0.6 is 0 Å². The predicted octanol–water partition coefficient (Wildman–Crippen LogP) is 5.45. The number of aliphatic hydroxyl groups excluding tert-OH is 1. The van der Waals surface area contributed by atoms with Crippen molar-refractivity contribution in [3.05, 3.63) is 35.0 Å². The number of carbonyl (C=O) groups excluding carboxylic acids is 3. The number of amides is 2. The number of nitrogens with one attached hydrogen (secondary N) is 1. The minimum Gasteiger partial charge on any atom is -0.503 e. The molecular weight excluding hydrogens is 491 g/mol. The SMILES string of the molecule is CC.CCCC(C(=N/C(C(=O)NCC1=CC=C(F)CC1)=C(/O)C=O)N(C)CCC)N(C)C(=O)OC(C)(C)C. The van der Waals surface area contributed by atoms with E-state index in [9.17, 15) is 23.9 Å². The van der Waals surface area contributed by atoms with Crippen LogP contribution < -0.4 is 5.32 Å². The molecule has 0 radical (unpaired) electrons. The van der Waals surface area contributed by atoms with Gasteiger partial charge in [-0.2, -0.15) is 0 Å². The molecule has 0 fully saturated rings. The lowest BCUT2D eigenvalue weighted by molar-refractivity contribution is -0.118. The molecule has 0 aromatic carbocycles. The number of halogens is 1. The van der Waals surface area contributed by atoms with Gasteiger partial charge in [0, 0.05) is 33.6 Å². The second kappa shape index (κ2) is 17.4. The van der Waals surface area contributed by atoms with Gasteiger partial charge in [0.1, 0.15) is 17.3 Å². The van der Waals surface area contributed by atoms with Crippen LogP contribution in [0.1, 0.15) is 80.6 Å². The number of hydrogen-bond donors (Lipinski definition) is 2. The van der Waals surface area contributed by atoms with Crippen LogP contribution in [0, 0.1) is 0 Å². The van der Waals surface area contributed by atoms with E-state index in [1.165, 1.54) is 11.0 Å². The second-order valence-electron chi connectivity index (χ2n) is 9.76. The Morgan fingerprint density at radius 1 is 1.18 bits per heavy atom. The fourth-order valence-electron chi connectivity index (χ4n) is 3.57. The highest BCUT2D eigenvalue weighted by atomic mass is 19.1.